The first-order valence-corrected chi connectivity index (χ1v) is 12.7. The van der Waals surface area contributed by atoms with Gasteiger partial charge in [-0.2, -0.15) is 0 Å². The van der Waals surface area contributed by atoms with Crippen molar-refractivity contribution in [3.63, 3.8) is 0 Å². The van der Waals surface area contributed by atoms with E-state index in [-0.39, 0.29) is 17.6 Å². The number of carbonyl (C=O) groups excluding carboxylic acids is 2. The lowest BCUT2D eigenvalue weighted by molar-refractivity contribution is -0.119. The van der Waals surface area contributed by atoms with Crippen LogP contribution in [-0.4, -0.2) is 37.5 Å². The average Bonchev–Trinajstić information content (AvgIpc) is 3.51. The zero-order valence-corrected chi connectivity index (χ0v) is 19.4. The van der Waals surface area contributed by atoms with E-state index in [0.717, 1.165) is 5.56 Å². The normalized spacial score (nSPS) is 15.1. The highest BCUT2D eigenvalue weighted by Crippen LogP contribution is 2.27. The van der Waals surface area contributed by atoms with E-state index in [9.17, 15) is 18.0 Å². The second-order valence-electron chi connectivity index (χ2n) is 7.37. The van der Waals surface area contributed by atoms with Crippen molar-refractivity contribution in [1.29, 1.82) is 0 Å². The first-order valence-electron chi connectivity index (χ1n) is 10.2. The third-order valence-corrected chi connectivity index (χ3v) is 7.49. The minimum absolute atomic E-state index is 0.143. The Morgan fingerprint density at radius 1 is 1.21 bits per heavy atom. The number of rotatable bonds is 7. The fourth-order valence-corrected chi connectivity index (χ4v) is 5.53. The number of anilines is 2. The Morgan fingerprint density at radius 3 is 2.70 bits per heavy atom. The van der Waals surface area contributed by atoms with Gasteiger partial charge in [-0.1, -0.05) is 12.1 Å². The first-order chi connectivity index (χ1) is 15.8. The predicted molar refractivity (Wildman–Crippen MR) is 127 cm³/mol. The predicted octanol–water partition coefficient (Wildman–Crippen LogP) is 3.23. The van der Waals surface area contributed by atoms with Crippen LogP contribution in [-0.2, 0) is 26.2 Å². The third kappa shape index (κ3) is 5.68. The van der Waals surface area contributed by atoms with Gasteiger partial charge in [-0.05, 0) is 42.3 Å². The summed E-state index contributed by atoms with van der Waals surface area (Å²) < 4.78 is 31.1. The number of hydrogen-bond acceptors (Lipinski definition) is 7. The second-order valence-corrected chi connectivity index (χ2v) is 10.2. The Balaban J connectivity index is 1.34. The van der Waals surface area contributed by atoms with Gasteiger partial charge in [0.2, 0.25) is 21.8 Å². The third-order valence-electron chi connectivity index (χ3n) is 4.87. The molecule has 4 rings (SSSR count). The summed E-state index contributed by atoms with van der Waals surface area (Å²) in [7, 11) is -3.21. The monoisotopic (exact) mass is 486 g/mol. The van der Waals surface area contributed by atoms with Crippen LogP contribution in [0, 0.1) is 0 Å². The summed E-state index contributed by atoms with van der Waals surface area (Å²) in [5.41, 5.74) is 1.98. The lowest BCUT2D eigenvalue weighted by atomic mass is 10.2. The highest BCUT2D eigenvalue weighted by molar-refractivity contribution is 7.93. The molecule has 1 aliphatic rings. The van der Waals surface area contributed by atoms with Crippen molar-refractivity contribution in [2.24, 2.45) is 0 Å². The number of carbonyl (C=O) groups is 2. The van der Waals surface area contributed by atoms with Crippen LogP contribution in [0.2, 0.25) is 0 Å². The van der Waals surface area contributed by atoms with Gasteiger partial charge in [0.15, 0.2) is 10.9 Å². The van der Waals surface area contributed by atoms with Gasteiger partial charge >= 0.3 is 0 Å². The van der Waals surface area contributed by atoms with E-state index in [0.29, 0.717) is 47.5 Å². The van der Waals surface area contributed by atoms with Crippen molar-refractivity contribution in [1.82, 2.24) is 10.3 Å². The molecule has 2 amide bonds. The molecule has 2 N–H and O–H groups in total. The zero-order chi connectivity index (χ0) is 23.4. The van der Waals surface area contributed by atoms with Crippen LogP contribution in [0.15, 0.2) is 52.3 Å². The SMILES string of the molecule is CC(=O)NCc1ccc(-c2csc(NC(=O)/C=C/c3ccc(N4CCCS4(=O)=O)cc3)n2)o1. The standard InChI is InChI=1S/C22H22N4O5S2/c1-15(27)23-13-18-8-9-20(31-18)19-14-32-22(24-19)25-21(28)10-5-16-3-6-17(7-4-16)26-11-2-12-33(26,29)30/h3-10,14H,2,11-13H2,1H3,(H,23,27)(H,24,25,28)/b10-5+. The van der Waals surface area contributed by atoms with Gasteiger partial charge in [0.05, 0.1) is 18.0 Å². The van der Waals surface area contributed by atoms with Gasteiger partial charge in [0.25, 0.3) is 0 Å². The molecule has 2 aromatic heterocycles. The number of aromatic nitrogens is 1. The summed E-state index contributed by atoms with van der Waals surface area (Å²) in [6.45, 7) is 2.22. The number of benzene rings is 1. The van der Waals surface area contributed by atoms with Crippen molar-refractivity contribution in [3.05, 3.63) is 59.2 Å². The molecule has 1 aliphatic heterocycles. The second kappa shape index (κ2) is 9.59. The van der Waals surface area contributed by atoms with Crippen LogP contribution in [0.25, 0.3) is 17.5 Å². The molecule has 172 valence electrons. The number of hydrogen-bond donors (Lipinski definition) is 2. The first kappa shape index (κ1) is 22.7. The van der Waals surface area contributed by atoms with Gasteiger partial charge in [-0.3, -0.25) is 19.2 Å². The average molecular weight is 487 g/mol. The van der Waals surface area contributed by atoms with Gasteiger partial charge in [-0.25, -0.2) is 13.4 Å². The molecule has 0 aliphatic carbocycles. The Kier molecular flexibility index (Phi) is 6.61. The van der Waals surface area contributed by atoms with E-state index < -0.39 is 10.0 Å². The maximum absolute atomic E-state index is 12.3. The molecule has 3 aromatic rings. The molecule has 0 bridgehead atoms. The molecule has 0 saturated carbocycles. The fraction of sp³-hybridized carbons (Fsp3) is 0.227. The van der Waals surface area contributed by atoms with E-state index in [1.54, 1.807) is 47.9 Å². The van der Waals surface area contributed by atoms with Crippen LogP contribution in [0.1, 0.15) is 24.7 Å². The molecule has 0 spiro atoms. The lowest BCUT2D eigenvalue weighted by Gasteiger charge is -2.16. The molecule has 0 radical (unpaired) electrons. The molecule has 1 fully saturated rings. The Hall–Kier alpha value is -3.44. The molecule has 0 atom stereocenters. The summed E-state index contributed by atoms with van der Waals surface area (Å²) in [5.74, 6) is 0.840. The van der Waals surface area contributed by atoms with Gasteiger partial charge in [0.1, 0.15) is 11.5 Å². The number of nitrogens with zero attached hydrogens (tertiary/aromatic N) is 2. The molecule has 1 aromatic carbocycles. The Bertz CT molecular complexity index is 1290. The van der Waals surface area contributed by atoms with E-state index in [1.165, 1.54) is 28.6 Å². The maximum atomic E-state index is 12.3. The zero-order valence-electron chi connectivity index (χ0n) is 17.8. The summed E-state index contributed by atoms with van der Waals surface area (Å²) >= 11 is 1.27. The smallest absolute Gasteiger partial charge is 0.250 e. The quantitative estimate of drug-likeness (QED) is 0.495. The summed E-state index contributed by atoms with van der Waals surface area (Å²) in [6.07, 6.45) is 3.66. The largest absolute Gasteiger partial charge is 0.458 e. The van der Waals surface area contributed by atoms with Gasteiger partial charge < -0.3 is 9.73 Å². The van der Waals surface area contributed by atoms with E-state index >= 15 is 0 Å². The number of sulfonamides is 1. The highest BCUT2D eigenvalue weighted by atomic mass is 32.2. The van der Waals surface area contributed by atoms with E-state index in [2.05, 4.69) is 15.6 Å². The molecular formula is C22H22N4O5S2. The summed E-state index contributed by atoms with van der Waals surface area (Å²) in [6, 6.07) is 10.5. The van der Waals surface area contributed by atoms with Crippen LogP contribution >= 0.6 is 11.3 Å². The minimum atomic E-state index is -3.21. The molecule has 3 heterocycles. The highest BCUT2D eigenvalue weighted by Gasteiger charge is 2.28. The summed E-state index contributed by atoms with van der Waals surface area (Å²) in [5, 5.41) is 7.57. The summed E-state index contributed by atoms with van der Waals surface area (Å²) in [4.78, 5) is 27.6. The Morgan fingerprint density at radius 2 is 2.00 bits per heavy atom. The fourth-order valence-electron chi connectivity index (χ4n) is 3.27. The number of thiazole rings is 1. The minimum Gasteiger partial charge on any atom is -0.458 e. The van der Waals surface area contributed by atoms with Crippen molar-refractivity contribution in [3.8, 4) is 11.5 Å². The van der Waals surface area contributed by atoms with Crippen LogP contribution in [0.4, 0.5) is 10.8 Å². The van der Waals surface area contributed by atoms with Crippen molar-refractivity contribution >= 4 is 50.1 Å². The lowest BCUT2D eigenvalue weighted by Crippen LogP contribution is -2.24. The number of amides is 2. The van der Waals surface area contributed by atoms with Crippen molar-refractivity contribution in [2.45, 2.75) is 19.9 Å². The van der Waals surface area contributed by atoms with E-state index in [4.69, 9.17) is 4.42 Å². The molecular weight excluding hydrogens is 464 g/mol. The van der Waals surface area contributed by atoms with Crippen molar-refractivity contribution < 1.29 is 22.4 Å². The molecule has 33 heavy (non-hydrogen) atoms. The molecule has 1 saturated heterocycles. The topological polar surface area (TPSA) is 122 Å². The Labute approximate surface area is 195 Å². The molecule has 11 heteroatoms. The van der Waals surface area contributed by atoms with Gasteiger partial charge in [0, 0.05) is 24.9 Å². The number of furan rings is 1. The van der Waals surface area contributed by atoms with Crippen LogP contribution < -0.4 is 14.9 Å². The van der Waals surface area contributed by atoms with Crippen LogP contribution in [0.3, 0.4) is 0 Å². The van der Waals surface area contributed by atoms with Gasteiger partial charge in [-0.15, -0.1) is 11.3 Å². The van der Waals surface area contributed by atoms with Crippen molar-refractivity contribution in [2.75, 3.05) is 21.9 Å². The maximum Gasteiger partial charge on any atom is 0.250 e. The van der Waals surface area contributed by atoms with Crippen LogP contribution in [0.5, 0.6) is 0 Å². The molecule has 0 unspecified atom stereocenters. The number of nitrogens with one attached hydrogen (secondary N) is 2. The molecule has 9 nitrogen and oxygen atoms in total. The van der Waals surface area contributed by atoms with E-state index in [1.807, 2.05) is 0 Å².